The standard InChI is InChI=1S/C18H23N5/c1-4-11-22(12-5-2)16-13-14(3)19-18-20-17(21-23(16)18)15-9-7-6-8-10-15/h6-10,13H,4-5,11-12H2,1-3H3. The van der Waals surface area contributed by atoms with E-state index >= 15 is 0 Å². The lowest BCUT2D eigenvalue weighted by Crippen LogP contribution is -2.27. The summed E-state index contributed by atoms with van der Waals surface area (Å²) in [4.78, 5) is 11.5. The molecule has 0 aliphatic carbocycles. The third kappa shape index (κ3) is 3.18. The molecule has 0 spiro atoms. The van der Waals surface area contributed by atoms with E-state index in [2.05, 4.69) is 34.8 Å². The van der Waals surface area contributed by atoms with E-state index < -0.39 is 0 Å². The summed E-state index contributed by atoms with van der Waals surface area (Å²) in [5.41, 5.74) is 1.98. The molecule has 0 saturated heterocycles. The Bertz CT molecular complexity index is 773. The van der Waals surface area contributed by atoms with Crippen LogP contribution in [0, 0.1) is 6.92 Å². The van der Waals surface area contributed by atoms with Crippen molar-refractivity contribution in [3.05, 3.63) is 42.1 Å². The van der Waals surface area contributed by atoms with Crippen molar-refractivity contribution < 1.29 is 0 Å². The average Bonchev–Trinajstić information content (AvgIpc) is 2.98. The van der Waals surface area contributed by atoms with Gasteiger partial charge < -0.3 is 4.90 Å². The maximum atomic E-state index is 4.71. The van der Waals surface area contributed by atoms with Crippen LogP contribution in [0.1, 0.15) is 32.4 Å². The smallest absolute Gasteiger partial charge is 0.254 e. The maximum Gasteiger partial charge on any atom is 0.254 e. The Balaban J connectivity index is 2.12. The SMILES string of the molecule is CCCN(CCC)c1cc(C)nc2nc(-c3ccccc3)nn12. The minimum Gasteiger partial charge on any atom is -0.356 e. The Morgan fingerprint density at radius 1 is 1.00 bits per heavy atom. The molecular formula is C18H23N5. The van der Waals surface area contributed by atoms with Gasteiger partial charge in [-0.15, -0.1) is 5.10 Å². The Morgan fingerprint density at radius 3 is 2.35 bits per heavy atom. The summed E-state index contributed by atoms with van der Waals surface area (Å²) < 4.78 is 1.88. The maximum absolute atomic E-state index is 4.71. The van der Waals surface area contributed by atoms with Crippen molar-refractivity contribution in [2.24, 2.45) is 0 Å². The molecule has 0 amide bonds. The number of aromatic nitrogens is 4. The molecule has 0 radical (unpaired) electrons. The van der Waals surface area contributed by atoms with Gasteiger partial charge in [0.1, 0.15) is 5.82 Å². The lowest BCUT2D eigenvalue weighted by atomic mass is 10.2. The van der Waals surface area contributed by atoms with Gasteiger partial charge in [-0.3, -0.25) is 0 Å². The van der Waals surface area contributed by atoms with Crippen molar-refractivity contribution in [2.75, 3.05) is 18.0 Å². The highest BCUT2D eigenvalue weighted by Crippen LogP contribution is 2.21. The fraction of sp³-hybridized carbons (Fsp3) is 0.389. The second-order valence-corrected chi connectivity index (χ2v) is 5.76. The number of nitrogens with zero attached hydrogens (tertiary/aromatic N) is 5. The second kappa shape index (κ2) is 6.77. The number of hydrogen-bond acceptors (Lipinski definition) is 4. The molecule has 0 aliphatic rings. The van der Waals surface area contributed by atoms with Crippen molar-refractivity contribution in [3.8, 4) is 11.4 Å². The number of fused-ring (bicyclic) bond motifs is 1. The van der Waals surface area contributed by atoms with Gasteiger partial charge in [0, 0.05) is 30.4 Å². The van der Waals surface area contributed by atoms with Crippen LogP contribution in [0.3, 0.4) is 0 Å². The molecule has 0 atom stereocenters. The molecule has 5 nitrogen and oxygen atoms in total. The molecule has 5 heteroatoms. The number of aryl methyl sites for hydroxylation is 1. The molecule has 2 aromatic heterocycles. The van der Waals surface area contributed by atoms with Crippen LogP contribution in [0.4, 0.5) is 5.82 Å². The molecule has 3 rings (SSSR count). The molecule has 1 aromatic carbocycles. The zero-order valence-corrected chi connectivity index (χ0v) is 14.0. The van der Waals surface area contributed by atoms with Gasteiger partial charge in [-0.25, -0.2) is 4.98 Å². The minimum atomic E-state index is 0.663. The summed E-state index contributed by atoms with van der Waals surface area (Å²) in [7, 11) is 0. The van der Waals surface area contributed by atoms with E-state index in [0.29, 0.717) is 5.78 Å². The number of hydrogen-bond donors (Lipinski definition) is 0. The number of rotatable bonds is 6. The average molecular weight is 309 g/mol. The molecule has 3 aromatic rings. The minimum absolute atomic E-state index is 0.663. The van der Waals surface area contributed by atoms with Crippen LogP contribution in [-0.4, -0.2) is 32.7 Å². The highest BCUT2D eigenvalue weighted by Gasteiger charge is 2.15. The van der Waals surface area contributed by atoms with Crippen LogP contribution in [0.25, 0.3) is 17.2 Å². The molecule has 0 unspecified atom stereocenters. The Morgan fingerprint density at radius 2 is 1.70 bits per heavy atom. The summed E-state index contributed by atoms with van der Waals surface area (Å²) in [6, 6.07) is 12.1. The van der Waals surface area contributed by atoms with Gasteiger partial charge in [-0.2, -0.15) is 9.50 Å². The van der Waals surface area contributed by atoms with Crippen molar-refractivity contribution in [1.29, 1.82) is 0 Å². The first-order valence-corrected chi connectivity index (χ1v) is 8.27. The summed E-state index contributed by atoms with van der Waals surface area (Å²) in [5.74, 6) is 2.46. The van der Waals surface area contributed by atoms with E-state index in [1.165, 1.54) is 0 Å². The summed E-state index contributed by atoms with van der Waals surface area (Å²) in [6.07, 6.45) is 2.20. The highest BCUT2D eigenvalue weighted by atomic mass is 15.4. The first-order chi connectivity index (χ1) is 11.2. The summed E-state index contributed by atoms with van der Waals surface area (Å²) in [6.45, 7) is 8.42. The predicted octanol–water partition coefficient (Wildman–Crippen LogP) is 3.73. The van der Waals surface area contributed by atoms with Crippen LogP contribution >= 0.6 is 0 Å². The molecule has 0 aliphatic heterocycles. The van der Waals surface area contributed by atoms with Crippen molar-refractivity contribution in [1.82, 2.24) is 19.6 Å². The quantitative estimate of drug-likeness (QED) is 0.696. The fourth-order valence-corrected chi connectivity index (χ4v) is 2.78. The lowest BCUT2D eigenvalue weighted by Gasteiger charge is -2.24. The van der Waals surface area contributed by atoms with Gasteiger partial charge in [-0.05, 0) is 19.8 Å². The topological polar surface area (TPSA) is 46.3 Å². The van der Waals surface area contributed by atoms with Crippen LogP contribution in [-0.2, 0) is 0 Å². The third-order valence-corrected chi connectivity index (χ3v) is 3.76. The normalized spacial score (nSPS) is 11.1. The van der Waals surface area contributed by atoms with E-state index in [1.54, 1.807) is 0 Å². The first-order valence-electron chi connectivity index (χ1n) is 8.27. The molecule has 120 valence electrons. The van der Waals surface area contributed by atoms with E-state index in [4.69, 9.17) is 5.10 Å². The monoisotopic (exact) mass is 309 g/mol. The van der Waals surface area contributed by atoms with Gasteiger partial charge in [0.05, 0.1) is 0 Å². The van der Waals surface area contributed by atoms with Gasteiger partial charge in [0.2, 0.25) is 0 Å². The zero-order chi connectivity index (χ0) is 16.2. The summed E-state index contributed by atoms with van der Waals surface area (Å²) in [5, 5.41) is 4.71. The molecule has 0 N–H and O–H groups in total. The zero-order valence-electron chi connectivity index (χ0n) is 14.0. The molecular weight excluding hydrogens is 286 g/mol. The Kier molecular flexibility index (Phi) is 4.55. The third-order valence-electron chi connectivity index (χ3n) is 3.76. The first kappa shape index (κ1) is 15.5. The fourth-order valence-electron chi connectivity index (χ4n) is 2.78. The van der Waals surface area contributed by atoms with Crippen LogP contribution in [0.5, 0.6) is 0 Å². The van der Waals surface area contributed by atoms with Gasteiger partial charge in [0.25, 0.3) is 5.78 Å². The Labute approximate surface area is 137 Å². The molecule has 2 heterocycles. The van der Waals surface area contributed by atoms with Crippen molar-refractivity contribution in [2.45, 2.75) is 33.6 Å². The van der Waals surface area contributed by atoms with Crippen molar-refractivity contribution in [3.63, 3.8) is 0 Å². The molecule has 0 fully saturated rings. The van der Waals surface area contributed by atoms with Crippen LogP contribution < -0.4 is 4.90 Å². The lowest BCUT2D eigenvalue weighted by molar-refractivity contribution is 0.714. The molecule has 0 saturated carbocycles. The molecule has 0 bridgehead atoms. The van der Waals surface area contributed by atoms with Gasteiger partial charge in [-0.1, -0.05) is 44.2 Å². The predicted molar refractivity (Wildman–Crippen MR) is 93.8 cm³/mol. The van der Waals surface area contributed by atoms with E-state index in [-0.39, 0.29) is 0 Å². The van der Waals surface area contributed by atoms with Crippen LogP contribution in [0.15, 0.2) is 36.4 Å². The second-order valence-electron chi connectivity index (χ2n) is 5.76. The highest BCUT2D eigenvalue weighted by molar-refractivity contribution is 5.58. The number of benzene rings is 1. The van der Waals surface area contributed by atoms with Crippen molar-refractivity contribution >= 4 is 11.6 Å². The molecule has 23 heavy (non-hydrogen) atoms. The Hall–Kier alpha value is -2.43. The largest absolute Gasteiger partial charge is 0.356 e. The van der Waals surface area contributed by atoms with E-state index in [0.717, 1.165) is 48.8 Å². The summed E-state index contributed by atoms with van der Waals surface area (Å²) >= 11 is 0. The van der Waals surface area contributed by atoms with E-state index in [1.807, 2.05) is 41.8 Å². The van der Waals surface area contributed by atoms with Crippen LogP contribution in [0.2, 0.25) is 0 Å². The van der Waals surface area contributed by atoms with Gasteiger partial charge >= 0.3 is 0 Å². The van der Waals surface area contributed by atoms with Gasteiger partial charge in [0.15, 0.2) is 5.82 Å². The van der Waals surface area contributed by atoms with E-state index in [9.17, 15) is 0 Å². The number of anilines is 1.